The van der Waals surface area contributed by atoms with Crippen LogP contribution in [0.15, 0.2) is 6.07 Å². The van der Waals surface area contributed by atoms with E-state index in [-0.39, 0.29) is 11.1 Å². The highest BCUT2D eigenvalue weighted by Crippen LogP contribution is 2.32. The van der Waals surface area contributed by atoms with Gasteiger partial charge in [-0.3, -0.25) is 0 Å². The fraction of sp³-hybridized carbons (Fsp3) is 0.273. The quantitative estimate of drug-likeness (QED) is 0.440. The van der Waals surface area contributed by atoms with E-state index in [1.54, 1.807) is 24.6 Å². The van der Waals surface area contributed by atoms with Crippen molar-refractivity contribution in [1.82, 2.24) is 9.55 Å². The van der Waals surface area contributed by atoms with E-state index < -0.39 is 0 Å². The molecule has 2 aromatic rings. The number of aryl methyl sites for hydroxylation is 1. The van der Waals surface area contributed by atoms with Gasteiger partial charge in [-0.2, -0.15) is 0 Å². The minimum atomic E-state index is -0.382. The molecule has 0 unspecified atom stereocenters. The first-order valence-electron chi connectivity index (χ1n) is 5.14. The number of carbonyl (C=O) groups is 1. The number of rotatable bonds is 2. The Morgan fingerprint density at radius 1 is 1.56 bits per heavy atom. The predicted molar refractivity (Wildman–Crippen MR) is 79.4 cm³/mol. The van der Waals surface area contributed by atoms with Crippen LogP contribution in [0.4, 0.5) is 0 Å². The van der Waals surface area contributed by atoms with Crippen molar-refractivity contribution < 1.29 is 9.53 Å². The lowest BCUT2D eigenvalue weighted by atomic mass is 10.3. The molecule has 0 amide bonds. The zero-order chi connectivity index (χ0) is 13.4. The average molecular weight is 399 g/mol. The molecule has 7 heteroatoms. The van der Waals surface area contributed by atoms with Gasteiger partial charge >= 0.3 is 5.97 Å². The number of nitrogens with zero attached hydrogens (tertiary/aromatic N) is 2. The summed E-state index contributed by atoms with van der Waals surface area (Å²) in [6.07, 6.45) is 0. The van der Waals surface area contributed by atoms with Gasteiger partial charge in [-0.05, 0) is 35.6 Å². The molecule has 0 saturated carbocycles. The van der Waals surface area contributed by atoms with Crippen LogP contribution in [-0.2, 0) is 11.8 Å². The molecule has 0 aromatic carbocycles. The molecule has 0 saturated heterocycles. The molecule has 2 rings (SSSR count). The first-order valence-corrected chi connectivity index (χ1v) is 6.97. The standard InChI is InChI=1S/C11H9Cl2IN2O2/c1-3-18-11(17)9-7(14)5-4-6(12)15-10(13)8(5)16(9)2/h4H,3H2,1-2H3. The van der Waals surface area contributed by atoms with Gasteiger partial charge < -0.3 is 9.30 Å². The Labute approximate surface area is 127 Å². The minimum absolute atomic E-state index is 0.272. The van der Waals surface area contributed by atoms with Crippen LogP contribution in [0.3, 0.4) is 0 Å². The Bertz CT molecular complexity index is 640. The first-order chi connectivity index (χ1) is 8.47. The average Bonchev–Trinajstić information content (AvgIpc) is 2.51. The lowest BCUT2D eigenvalue weighted by Crippen LogP contribution is -2.11. The van der Waals surface area contributed by atoms with Gasteiger partial charge in [0.2, 0.25) is 0 Å². The number of pyridine rings is 1. The largest absolute Gasteiger partial charge is 0.461 e. The van der Waals surface area contributed by atoms with Crippen LogP contribution < -0.4 is 0 Å². The third kappa shape index (κ3) is 2.19. The van der Waals surface area contributed by atoms with Crippen LogP contribution in [0.1, 0.15) is 17.4 Å². The number of carbonyl (C=O) groups excluding carboxylic acids is 1. The van der Waals surface area contributed by atoms with E-state index in [0.717, 1.165) is 8.96 Å². The van der Waals surface area contributed by atoms with Gasteiger partial charge in [0, 0.05) is 12.4 Å². The fourth-order valence-corrected chi connectivity index (χ4v) is 3.33. The van der Waals surface area contributed by atoms with E-state index in [2.05, 4.69) is 27.6 Å². The second-order valence-corrected chi connectivity index (χ2v) is 5.40. The zero-order valence-corrected chi connectivity index (χ0v) is 13.3. The Kier molecular flexibility index (Phi) is 4.03. The van der Waals surface area contributed by atoms with E-state index in [9.17, 15) is 4.79 Å². The van der Waals surface area contributed by atoms with Gasteiger partial charge in [0.25, 0.3) is 0 Å². The van der Waals surface area contributed by atoms with Crippen molar-refractivity contribution in [3.63, 3.8) is 0 Å². The van der Waals surface area contributed by atoms with Crippen molar-refractivity contribution in [2.75, 3.05) is 6.61 Å². The molecule has 0 bridgehead atoms. The predicted octanol–water partition coefficient (Wildman–Crippen LogP) is 3.66. The molecular formula is C11H9Cl2IN2O2. The molecule has 0 N–H and O–H groups in total. The molecule has 4 nitrogen and oxygen atoms in total. The number of halogens is 3. The Morgan fingerprint density at radius 2 is 2.22 bits per heavy atom. The summed E-state index contributed by atoms with van der Waals surface area (Å²) in [6, 6.07) is 1.69. The van der Waals surface area contributed by atoms with Gasteiger partial charge in [0.05, 0.1) is 15.7 Å². The maximum Gasteiger partial charge on any atom is 0.356 e. The highest BCUT2D eigenvalue weighted by molar-refractivity contribution is 14.1. The Balaban J connectivity index is 2.77. The molecule has 18 heavy (non-hydrogen) atoms. The number of fused-ring (bicyclic) bond motifs is 1. The van der Waals surface area contributed by atoms with Crippen LogP contribution >= 0.6 is 45.8 Å². The molecule has 0 radical (unpaired) electrons. The molecule has 0 atom stereocenters. The zero-order valence-electron chi connectivity index (χ0n) is 9.63. The number of hydrogen-bond donors (Lipinski definition) is 0. The van der Waals surface area contributed by atoms with E-state index in [1.807, 2.05) is 0 Å². The normalized spacial score (nSPS) is 10.9. The lowest BCUT2D eigenvalue weighted by molar-refractivity contribution is 0.0514. The van der Waals surface area contributed by atoms with Gasteiger partial charge in [0.15, 0.2) is 5.15 Å². The molecular weight excluding hydrogens is 390 g/mol. The maximum absolute atomic E-state index is 11.9. The van der Waals surface area contributed by atoms with E-state index in [1.165, 1.54) is 0 Å². The summed E-state index contributed by atoms with van der Waals surface area (Å²) in [6.45, 7) is 2.09. The number of aromatic nitrogens is 2. The Hall–Kier alpha value is -0.530. The summed E-state index contributed by atoms with van der Waals surface area (Å²) in [4.78, 5) is 15.9. The van der Waals surface area contributed by atoms with Crippen LogP contribution in [0.5, 0.6) is 0 Å². The second kappa shape index (κ2) is 5.22. The summed E-state index contributed by atoms with van der Waals surface area (Å²) in [5.74, 6) is -0.382. The smallest absolute Gasteiger partial charge is 0.356 e. The number of hydrogen-bond acceptors (Lipinski definition) is 3. The molecule has 0 aliphatic carbocycles. The third-order valence-corrected chi connectivity index (χ3v) is 4.05. The van der Waals surface area contributed by atoms with Crippen LogP contribution in [0.25, 0.3) is 10.9 Å². The molecule has 0 aliphatic rings. The van der Waals surface area contributed by atoms with E-state index in [0.29, 0.717) is 23.0 Å². The fourth-order valence-electron chi connectivity index (χ4n) is 1.78. The van der Waals surface area contributed by atoms with Crippen molar-refractivity contribution in [2.45, 2.75) is 6.92 Å². The topological polar surface area (TPSA) is 44.1 Å². The first kappa shape index (κ1) is 13.9. The van der Waals surface area contributed by atoms with Crippen molar-refractivity contribution >= 4 is 62.7 Å². The lowest BCUT2D eigenvalue weighted by Gasteiger charge is -2.04. The van der Waals surface area contributed by atoms with Gasteiger partial charge in [-0.15, -0.1) is 0 Å². The van der Waals surface area contributed by atoms with Crippen LogP contribution in [0, 0.1) is 3.57 Å². The maximum atomic E-state index is 11.9. The third-order valence-electron chi connectivity index (χ3n) is 2.50. The second-order valence-electron chi connectivity index (χ2n) is 3.57. The summed E-state index contributed by atoms with van der Waals surface area (Å²) in [5, 5.41) is 1.37. The monoisotopic (exact) mass is 398 g/mol. The van der Waals surface area contributed by atoms with Crippen molar-refractivity contribution in [3.05, 3.63) is 25.6 Å². The molecule has 0 spiro atoms. The molecule has 2 aromatic heterocycles. The van der Waals surface area contributed by atoms with Gasteiger partial charge in [-0.1, -0.05) is 23.2 Å². The van der Waals surface area contributed by atoms with Crippen molar-refractivity contribution in [1.29, 1.82) is 0 Å². The van der Waals surface area contributed by atoms with Crippen molar-refractivity contribution in [3.8, 4) is 0 Å². The van der Waals surface area contributed by atoms with Gasteiger partial charge in [0.1, 0.15) is 10.8 Å². The highest BCUT2D eigenvalue weighted by Gasteiger charge is 2.22. The molecule has 0 aliphatic heterocycles. The number of ether oxygens (including phenoxy) is 1. The van der Waals surface area contributed by atoms with Crippen LogP contribution in [-0.4, -0.2) is 22.1 Å². The molecule has 2 heterocycles. The van der Waals surface area contributed by atoms with Crippen LogP contribution in [0.2, 0.25) is 10.3 Å². The summed E-state index contributed by atoms with van der Waals surface area (Å²) >= 11 is 14.0. The SMILES string of the molecule is CCOC(=O)c1c(I)c2cc(Cl)nc(Cl)c2n1C. The summed E-state index contributed by atoms with van der Waals surface area (Å²) in [5.41, 5.74) is 1.13. The molecule has 96 valence electrons. The van der Waals surface area contributed by atoms with Crippen molar-refractivity contribution in [2.24, 2.45) is 7.05 Å². The summed E-state index contributed by atoms with van der Waals surface area (Å²) < 4.78 is 7.47. The number of esters is 1. The van der Waals surface area contributed by atoms with Gasteiger partial charge in [-0.25, -0.2) is 9.78 Å². The van der Waals surface area contributed by atoms with E-state index in [4.69, 9.17) is 27.9 Å². The summed E-state index contributed by atoms with van der Waals surface area (Å²) in [7, 11) is 1.75. The van der Waals surface area contributed by atoms with E-state index >= 15 is 0 Å². The Morgan fingerprint density at radius 3 is 2.83 bits per heavy atom. The highest BCUT2D eigenvalue weighted by atomic mass is 127. The molecule has 0 fully saturated rings. The minimum Gasteiger partial charge on any atom is -0.461 e.